The van der Waals surface area contributed by atoms with Gasteiger partial charge >= 0.3 is 11.9 Å². The molecule has 0 N–H and O–H groups in total. The lowest BCUT2D eigenvalue weighted by atomic mass is 9.96. The van der Waals surface area contributed by atoms with Crippen LogP contribution in [-0.2, 0) is 14.3 Å². The van der Waals surface area contributed by atoms with E-state index in [0.29, 0.717) is 32.1 Å². The molecule has 34 heavy (non-hydrogen) atoms. The highest BCUT2D eigenvalue weighted by molar-refractivity contribution is 7.07. The molecule has 0 saturated heterocycles. The summed E-state index contributed by atoms with van der Waals surface area (Å²) in [5.41, 5.74) is 1.95. The van der Waals surface area contributed by atoms with Crippen molar-refractivity contribution in [3.8, 4) is 11.5 Å². The van der Waals surface area contributed by atoms with Crippen LogP contribution in [0.1, 0.15) is 31.0 Å². The van der Waals surface area contributed by atoms with Crippen molar-refractivity contribution in [1.82, 2.24) is 4.57 Å². The van der Waals surface area contributed by atoms with E-state index in [-0.39, 0.29) is 11.1 Å². The van der Waals surface area contributed by atoms with Gasteiger partial charge in [-0.1, -0.05) is 35.6 Å². The summed E-state index contributed by atoms with van der Waals surface area (Å²) in [5.74, 6) is 0.0719. The third-order valence-corrected chi connectivity index (χ3v) is 6.28. The van der Waals surface area contributed by atoms with Gasteiger partial charge in [-0.25, -0.2) is 9.79 Å². The lowest BCUT2D eigenvalue weighted by molar-refractivity contribution is -0.136. The van der Waals surface area contributed by atoms with Crippen molar-refractivity contribution >= 4 is 29.4 Å². The molecular weight excluding hydrogens is 456 g/mol. The van der Waals surface area contributed by atoms with Crippen LogP contribution in [0.2, 0.25) is 0 Å². The lowest BCUT2D eigenvalue weighted by Crippen LogP contribution is -2.39. The minimum atomic E-state index is -0.743. The Balaban J connectivity index is 1.88. The zero-order chi connectivity index (χ0) is 24.4. The van der Waals surface area contributed by atoms with Crippen molar-refractivity contribution in [3.63, 3.8) is 0 Å². The summed E-state index contributed by atoms with van der Waals surface area (Å²) in [4.78, 5) is 42.5. The van der Waals surface area contributed by atoms with E-state index in [1.807, 2.05) is 24.3 Å². The molecule has 0 spiro atoms. The highest BCUT2D eigenvalue weighted by Gasteiger charge is 2.33. The summed E-state index contributed by atoms with van der Waals surface area (Å²) in [6.07, 6.45) is 1.78. The first kappa shape index (κ1) is 23.2. The van der Waals surface area contributed by atoms with Crippen LogP contribution in [-0.4, -0.2) is 30.7 Å². The van der Waals surface area contributed by atoms with Crippen LogP contribution < -0.4 is 24.4 Å². The van der Waals surface area contributed by atoms with Crippen LogP contribution in [0.5, 0.6) is 11.5 Å². The minimum absolute atomic E-state index is 0.270. The smallest absolute Gasteiger partial charge is 0.338 e. The first-order valence-corrected chi connectivity index (χ1v) is 11.2. The summed E-state index contributed by atoms with van der Waals surface area (Å²) in [5, 5.41) is 0. The Morgan fingerprint density at radius 2 is 1.68 bits per heavy atom. The number of aromatic nitrogens is 1. The number of carbonyl (C=O) groups excluding carboxylic acids is 2. The van der Waals surface area contributed by atoms with Crippen molar-refractivity contribution in [2.45, 2.75) is 19.9 Å². The summed E-state index contributed by atoms with van der Waals surface area (Å²) in [6.45, 7) is 3.03. The molecule has 2 aromatic carbocycles. The number of nitrogens with zero attached hydrogens (tertiary/aromatic N) is 2. The molecule has 0 radical (unpaired) electrons. The predicted octanol–water partition coefficient (Wildman–Crippen LogP) is 2.34. The Bertz CT molecular complexity index is 1460. The second kappa shape index (κ2) is 9.48. The minimum Gasteiger partial charge on any atom is -0.497 e. The van der Waals surface area contributed by atoms with Gasteiger partial charge in [-0.3, -0.25) is 14.2 Å². The van der Waals surface area contributed by atoms with Gasteiger partial charge in [-0.2, -0.15) is 0 Å². The Kier molecular flexibility index (Phi) is 6.47. The molecule has 1 aliphatic rings. The monoisotopic (exact) mass is 478 g/mol. The fraction of sp³-hybridized carbons (Fsp3) is 0.200. The fourth-order valence-corrected chi connectivity index (χ4v) is 4.79. The van der Waals surface area contributed by atoms with Gasteiger partial charge in [-0.05, 0) is 48.4 Å². The molecule has 0 fully saturated rings. The van der Waals surface area contributed by atoms with Gasteiger partial charge in [0.25, 0.3) is 5.56 Å². The zero-order valence-electron chi connectivity index (χ0n) is 19.0. The Hall–Kier alpha value is -3.98. The summed E-state index contributed by atoms with van der Waals surface area (Å²) in [6, 6.07) is 13.3. The van der Waals surface area contributed by atoms with Gasteiger partial charge in [-0.15, -0.1) is 0 Å². The van der Waals surface area contributed by atoms with Crippen LogP contribution >= 0.6 is 11.3 Å². The van der Waals surface area contributed by atoms with E-state index < -0.39 is 18.0 Å². The number of benzene rings is 2. The largest absolute Gasteiger partial charge is 0.497 e. The average molecular weight is 479 g/mol. The molecule has 1 aromatic heterocycles. The van der Waals surface area contributed by atoms with Gasteiger partial charge in [0.2, 0.25) is 0 Å². The number of fused-ring (bicyclic) bond motifs is 1. The molecule has 3 aromatic rings. The molecule has 1 aliphatic heterocycles. The third kappa shape index (κ3) is 4.42. The van der Waals surface area contributed by atoms with E-state index in [1.54, 1.807) is 44.4 Å². The average Bonchev–Trinajstić information content (AvgIpc) is 3.12. The number of rotatable bonds is 5. The Morgan fingerprint density at radius 3 is 2.26 bits per heavy atom. The molecule has 174 valence electrons. The number of carbonyl (C=O) groups is 2. The Labute approximate surface area is 199 Å². The molecule has 0 aliphatic carbocycles. The summed E-state index contributed by atoms with van der Waals surface area (Å²) < 4.78 is 17.3. The van der Waals surface area contributed by atoms with Crippen LogP contribution in [0.3, 0.4) is 0 Å². The number of allylic oxidation sites excluding steroid dienone is 1. The van der Waals surface area contributed by atoms with Gasteiger partial charge in [0.15, 0.2) is 4.80 Å². The van der Waals surface area contributed by atoms with Crippen LogP contribution in [0.4, 0.5) is 0 Å². The number of thiazole rings is 1. The number of hydrogen-bond acceptors (Lipinski definition) is 8. The topological polar surface area (TPSA) is 96.2 Å². The molecule has 0 saturated carbocycles. The summed E-state index contributed by atoms with van der Waals surface area (Å²) >= 11 is 1.24. The highest BCUT2D eigenvalue weighted by atomic mass is 32.1. The van der Waals surface area contributed by atoms with E-state index in [4.69, 9.17) is 14.2 Å². The van der Waals surface area contributed by atoms with Crippen molar-refractivity contribution in [2.24, 2.45) is 4.99 Å². The van der Waals surface area contributed by atoms with E-state index in [2.05, 4.69) is 4.99 Å². The molecule has 2 heterocycles. The molecule has 0 bridgehead atoms. The number of methoxy groups -OCH3 is 2. The van der Waals surface area contributed by atoms with E-state index in [1.165, 1.54) is 29.9 Å². The standard InChI is InChI=1S/C25H22N2O6S/c1-14-21(24(30)32-4)22(17-7-11-19(12-8-17)33-15(2)28)27-23(29)20(34-25(27)26-14)13-16-5-9-18(31-3)10-6-16/h5-13,22H,1-4H3/b20-13+. The number of hydrogen-bond donors (Lipinski definition) is 0. The molecule has 1 atom stereocenters. The lowest BCUT2D eigenvalue weighted by Gasteiger charge is -2.24. The van der Waals surface area contributed by atoms with Crippen LogP contribution in [0.25, 0.3) is 6.08 Å². The number of ether oxygens (including phenoxy) is 3. The SMILES string of the molecule is COC(=O)C1=C(C)N=c2s/c(=C/c3ccc(OC)cc3)c(=O)n2C1c1ccc(OC(C)=O)cc1. The molecule has 0 amide bonds. The maximum atomic E-state index is 13.5. The molecular formula is C25H22N2O6S. The van der Waals surface area contributed by atoms with Crippen molar-refractivity contribution in [3.05, 3.63) is 90.6 Å². The molecule has 9 heteroatoms. The third-order valence-electron chi connectivity index (χ3n) is 5.30. The maximum absolute atomic E-state index is 13.5. The van der Waals surface area contributed by atoms with Gasteiger partial charge in [0.1, 0.15) is 11.5 Å². The second-order valence-corrected chi connectivity index (χ2v) is 8.52. The predicted molar refractivity (Wildman–Crippen MR) is 127 cm³/mol. The van der Waals surface area contributed by atoms with Gasteiger partial charge in [0, 0.05) is 6.92 Å². The Morgan fingerprint density at radius 1 is 1.03 bits per heavy atom. The molecule has 4 rings (SSSR count). The van der Waals surface area contributed by atoms with Crippen LogP contribution in [0.15, 0.2) is 69.6 Å². The normalized spacial score (nSPS) is 15.4. The second-order valence-electron chi connectivity index (χ2n) is 7.51. The quantitative estimate of drug-likeness (QED) is 0.413. The van der Waals surface area contributed by atoms with Crippen LogP contribution in [0, 0.1) is 0 Å². The van der Waals surface area contributed by atoms with Gasteiger partial charge < -0.3 is 14.2 Å². The highest BCUT2D eigenvalue weighted by Crippen LogP contribution is 2.31. The zero-order valence-corrected chi connectivity index (χ0v) is 19.8. The van der Waals surface area contributed by atoms with Crippen molar-refractivity contribution in [2.75, 3.05) is 14.2 Å². The first-order chi connectivity index (χ1) is 16.3. The first-order valence-electron chi connectivity index (χ1n) is 10.4. The van der Waals surface area contributed by atoms with Crippen molar-refractivity contribution < 1.29 is 23.8 Å². The maximum Gasteiger partial charge on any atom is 0.338 e. The van der Waals surface area contributed by atoms with E-state index >= 15 is 0 Å². The van der Waals surface area contributed by atoms with Crippen molar-refractivity contribution in [1.29, 1.82) is 0 Å². The van der Waals surface area contributed by atoms with E-state index in [9.17, 15) is 14.4 Å². The fourth-order valence-electron chi connectivity index (χ4n) is 3.74. The number of esters is 2. The summed E-state index contributed by atoms with van der Waals surface area (Å²) in [7, 11) is 2.88. The molecule has 8 nitrogen and oxygen atoms in total. The van der Waals surface area contributed by atoms with Gasteiger partial charge in [0.05, 0.1) is 36.1 Å². The molecule has 1 unspecified atom stereocenters. The van der Waals surface area contributed by atoms with E-state index in [0.717, 1.165) is 5.56 Å².